The molecule has 0 bridgehead atoms. The second kappa shape index (κ2) is 4.96. The Kier molecular flexibility index (Phi) is 3.89. The van der Waals surface area contributed by atoms with Crippen molar-refractivity contribution in [2.45, 2.75) is 19.3 Å². The molecule has 0 saturated carbocycles. The molecule has 1 aromatic rings. The van der Waals surface area contributed by atoms with Crippen molar-refractivity contribution in [2.75, 3.05) is 13.7 Å². The molecule has 1 aromatic carbocycles. The van der Waals surface area contributed by atoms with E-state index in [4.69, 9.17) is 10.5 Å². The lowest BCUT2D eigenvalue weighted by molar-refractivity contribution is 0.403. The summed E-state index contributed by atoms with van der Waals surface area (Å²) in [5.74, 6) is 0.636. The number of ether oxygens (including phenoxy) is 1. The molecule has 14 heavy (non-hydrogen) atoms. The first kappa shape index (κ1) is 11.0. The summed E-state index contributed by atoms with van der Waals surface area (Å²) in [6.45, 7) is 2.54. The van der Waals surface area contributed by atoms with Gasteiger partial charge < -0.3 is 10.5 Å². The Bertz CT molecular complexity index is 297. The van der Waals surface area contributed by atoms with Crippen molar-refractivity contribution in [1.82, 2.24) is 0 Å². The number of methoxy groups -OCH3 is 1. The van der Waals surface area contributed by atoms with E-state index in [9.17, 15) is 4.39 Å². The van der Waals surface area contributed by atoms with Crippen LogP contribution in [0.3, 0.4) is 0 Å². The smallest absolute Gasteiger partial charge is 0.123 e. The van der Waals surface area contributed by atoms with Gasteiger partial charge in [0, 0.05) is 5.56 Å². The minimum atomic E-state index is -0.243. The van der Waals surface area contributed by atoms with Gasteiger partial charge in [-0.25, -0.2) is 4.39 Å². The number of hydrogen-bond donors (Lipinski definition) is 1. The zero-order valence-electron chi connectivity index (χ0n) is 8.59. The molecule has 1 atom stereocenters. The summed E-state index contributed by atoms with van der Waals surface area (Å²) in [5.41, 5.74) is 6.47. The molecule has 0 aliphatic carbocycles. The van der Waals surface area contributed by atoms with Gasteiger partial charge in [0.1, 0.15) is 11.6 Å². The van der Waals surface area contributed by atoms with E-state index in [2.05, 4.69) is 0 Å². The molecular formula is C11H16FNO. The van der Waals surface area contributed by atoms with E-state index in [1.165, 1.54) is 12.1 Å². The van der Waals surface area contributed by atoms with Crippen LogP contribution in [-0.4, -0.2) is 13.7 Å². The van der Waals surface area contributed by atoms with Gasteiger partial charge in [0.2, 0.25) is 0 Å². The first-order valence-corrected chi connectivity index (χ1v) is 4.76. The van der Waals surface area contributed by atoms with Crippen molar-refractivity contribution in [3.05, 3.63) is 29.6 Å². The summed E-state index contributed by atoms with van der Waals surface area (Å²) >= 11 is 0. The molecular weight excluding hydrogens is 181 g/mol. The summed E-state index contributed by atoms with van der Waals surface area (Å²) in [4.78, 5) is 0. The summed E-state index contributed by atoms with van der Waals surface area (Å²) in [7, 11) is 1.58. The third-order valence-electron chi connectivity index (χ3n) is 2.41. The summed E-state index contributed by atoms with van der Waals surface area (Å²) < 4.78 is 18.2. The maximum atomic E-state index is 13.0. The molecule has 0 aliphatic heterocycles. The van der Waals surface area contributed by atoms with Crippen molar-refractivity contribution in [3.8, 4) is 5.75 Å². The summed E-state index contributed by atoms with van der Waals surface area (Å²) in [5, 5.41) is 0. The highest BCUT2D eigenvalue weighted by Gasteiger charge is 2.13. The Balaban J connectivity index is 3.08. The Morgan fingerprint density at radius 1 is 1.50 bits per heavy atom. The van der Waals surface area contributed by atoms with Crippen LogP contribution in [0.15, 0.2) is 18.2 Å². The SMILES string of the molecule is CCC(CN)c1cc(F)ccc1OC. The number of hydrogen-bond acceptors (Lipinski definition) is 2. The quantitative estimate of drug-likeness (QED) is 0.803. The fourth-order valence-electron chi connectivity index (χ4n) is 1.54. The van der Waals surface area contributed by atoms with Crippen molar-refractivity contribution < 1.29 is 9.13 Å². The van der Waals surface area contributed by atoms with Crippen LogP contribution < -0.4 is 10.5 Å². The molecule has 3 heteroatoms. The maximum Gasteiger partial charge on any atom is 0.123 e. The molecule has 0 radical (unpaired) electrons. The number of rotatable bonds is 4. The average Bonchev–Trinajstić information content (AvgIpc) is 2.20. The highest BCUT2D eigenvalue weighted by molar-refractivity contribution is 5.37. The highest BCUT2D eigenvalue weighted by Crippen LogP contribution is 2.28. The van der Waals surface area contributed by atoms with E-state index >= 15 is 0 Å². The molecule has 0 spiro atoms. The van der Waals surface area contributed by atoms with Crippen molar-refractivity contribution in [2.24, 2.45) is 5.73 Å². The van der Waals surface area contributed by atoms with E-state index in [0.29, 0.717) is 12.3 Å². The van der Waals surface area contributed by atoms with E-state index in [1.807, 2.05) is 6.92 Å². The Hall–Kier alpha value is -1.09. The lowest BCUT2D eigenvalue weighted by Gasteiger charge is -2.16. The van der Waals surface area contributed by atoms with Crippen LogP contribution in [0, 0.1) is 5.82 Å². The third kappa shape index (κ3) is 2.23. The fourth-order valence-corrected chi connectivity index (χ4v) is 1.54. The third-order valence-corrected chi connectivity index (χ3v) is 2.41. The van der Waals surface area contributed by atoms with Gasteiger partial charge >= 0.3 is 0 Å². The predicted molar refractivity (Wildman–Crippen MR) is 55.0 cm³/mol. The van der Waals surface area contributed by atoms with Gasteiger partial charge in [-0.2, -0.15) is 0 Å². The molecule has 1 rings (SSSR count). The minimum absolute atomic E-state index is 0.167. The number of nitrogens with two attached hydrogens (primary N) is 1. The van der Waals surface area contributed by atoms with Crippen LogP contribution in [-0.2, 0) is 0 Å². The van der Waals surface area contributed by atoms with Gasteiger partial charge in [0.15, 0.2) is 0 Å². The molecule has 2 nitrogen and oxygen atoms in total. The van der Waals surface area contributed by atoms with Crippen molar-refractivity contribution in [1.29, 1.82) is 0 Å². The molecule has 2 N–H and O–H groups in total. The molecule has 0 aliphatic rings. The van der Waals surface area contributed by atoms with Gasteiger partial charge in [-0.05, 0) is 37.1 Å². The molecule has 1 unspecified atom stereocenters. The fraction of sp³-hybridized carbons (Fsp3) is 0.455. The van der Waals surface area contributed by atoms with E-state index in [0.717, 1.165) is 12.0 Å². The first-order valence-electron chi connectivity index (χ1n) is 4.76. The van der Waals surface area contributed by atoms with Crippen LogP contribution in [0.4, 0.5) is 4.39 Å². The summed E-state index contributed by atoms with van der Waals surface area (Å²) in [6, 6.07) is 4.54. The Morgan fingerprint density at radius 2 is 2.21 bits per heavy atom. The van der Waals surface area contributed by atoms with Crippen LogP contribution in [0.5, 0.6) is 5.75 Å². The minimum Gasteiger partial charge on any atom is -0.496 e. The van der Waals surface area contributed by atoms with Crippen LogP contribution >= 0.6 is 0 Å². The standard InChI is InChI=1S/C11H16FNO/c1-3-8(7-13)10-6-9(12)4-5-11(10)14-2/h4-6,8H,3,7,13H2,1-2H3. The van der Waals surface area contributed by atoms with Crippen LogP contribution in [0.25, 0.3) is 0 Å². The highest BCUT2D eigenvalue weighted by atomic mass is 19.1. The zero-order chi connectivity index (χ0) is 10.6. The van der Waals surface area contributed by atoms with Gasteiger partial charge in [0.25, 0.3) is 0 Å². The Morgan fingerprint density at radius 3 is 2.71 bits per heavy atom. The molecule has 0 fully saturated rings. The van der Waals surface area contributed by atoms with Gasteiger partial charge in [-0.3, -0.25) is 0 Å². The zero-order valence-corrected chi connectivity index (χ0v) is 8.59. The monoisotopic (exact) mass is 197 g/mol. The largest absolute Gasteiger partial charge is 0.496 e. The van der Waals surface area contributed by atoms with E-state index in [1.54, 1.807) is 13.2 Å². The second-order valence-corrected chi connectivity index (χ2v) is 3.23. The molecule has 0 saturated heterocycles. The lowest BCUT2D eigenvalue weighted by atomic mass is 9.95. The average molecular weight is 197 g/mol. The maximum absolute atomic E-state index is 13.0. The van der Waals surface area contributed by atoms with E-state index < -0.39 is 0 Å². The summed E-state index contributed by atoms with van der Waals surface area (Å²) in [6.07, 6.45) is 0.885. The molecule has 0 amide bonds. The van der Waals surface area contributed by atoms with Crippen molar-refractivity contribution >= 4 is 0 Å². The number of halogens is 1. The topological polar surface area (TPSA) is 35.2 Å². The first-order chi connectivity index (χ1) is 6.72. The van der Waals surface area contributed by atoms with E-state index in [-0.39, 0.29) is 11.7 Å². The molecule has 78 valence electrons. The predicted octanol–water partition coefficient (Wildman–Crippen LogP) is 2.29. The normalized spacial score (nSPS) is 12.6. The van der Waals surface area contributed by atoms with Crippen molar-refractivity contribution in [3.63, 3.8) is 0 Å². The van der Waals surface area contributed by atoms with Crippen LogP contribution in [0.2, 0.25) is 0 Å². The van der Waals surface area contributed by atoms with Crippen LogP contribution in [0.1, 0.15) is 24.8 Å². The lowest BCUT2D eigenvalue weighted by Crippen LogP contribution is -2.12. The second-order valence-electron chi connectivity index (χ2n) is 3.23. The number of benzene rings is 1. The van der Waals surface area contributed by atoms with Gasteiger partial charge in [0.05, 0.1) is 7.11 Å². The molecule has 0 aromatic heterocycles. The van der Waals surface area contributed by atoms with Gasteiger partial charge in [-0.15, -0.1) is 0 Å². The molecule has 0 heterocycles. The Labute approximate surface area is 83.9 Å². The van der Waals surface area contributed by atoms with Gasteiger partial charge in [-0.1, -0.05) is 6.92 Å².